The Bertz CT molecular complexity index is 866. The van der Waals surface area contributed by atoms with Crippen molar-refractivity contribution in [3.8, 4) is 16.9 Å². The summed E-state index contributed by atoms with van der Waals surface area (Å²) in [7, 11) is 1.54. The largest absolute Gasteiger partial charge is 0.493 e. The van der Waals surface area contributed by atoms with Gasteiger partial charge in [-0.2, -0.15) is 0 Å². The Morgan fingerprint density at radius 1 is 1.23 bits per heavy atom. The van der Waals surface area contributed by atoms with Gasteiger partial charge < -0.3 is 9.15 Å². The summed E-state index contributed by atoms with van der Waals surface area (Å²) >= 11 is 12.5. The van der Waals surface area contributed by atoms with Crippen molar-refractivity contribution in [2.24, 2.45) is 0 Å². The summed E-state index contributed by atoms with van der Waals surface area (Å²) in [6, 6.07) is 5.24. The topological polar surface area (TPSA) is 52.3 Å². The second kappa shape index (κ2) is 5.63. The van der Waals surface area contributed by atoms with E-state index in [0.717, 1.165) is 5.56 Å². The van der Waals surface area contributed by atoms with Gasteiger partial charge in [-0.15, -0.1) is 0 Å². The third-order valence-electron chi connectivity index (χ3n) is 3.34. The number of hydrogen-bond donors (Lipinski definition) is 0. The van der Waals surface area contributed by atoms with Crippen LogP contribution in [0.3, 0.4) is 0 Å². The second-order valence-electron chi connectivity index (χ2n) is 4.70. The third-order valence-corrected chi connectivity index (χ3v) is 3.91. The van der Waals surface area contributed by atoms with Crippen LogP contribution in [0.5, 0.6) is 5.75 Å². The zero-order valence-electron chi connectivity index (χ0n) is 11.8. The number of fused-ring (bicyclic) bond motifs is 1. The van der Waals surface area contributed by atoms with Crippen molar-refractivity contribution in [1.82, 2.24) is 4.98 Å². The summed E-state index contributed by atoms with van der Waals surface area (Å²) in [6.07, 6.45) is 3.04. The summed E-state index contributed by atoms with van der Waals surface area (Å²) in [5, 5.41) is 1.55. The molecule has 0 unspecified atom stereocenters. The standard InChI is InChI=1S/C16H11Cl2NO3/c1-8(20)14-5-10-9(3-4-13(21-2)16(10)22-14)15-11(17)6-19-7-12(15)18/h3-7H,1-2H3. The zero-order valence-corrected chi connectivity index (χ0v) is 13.3. The van der Waals surface area contributed by atoms with Gasteiger partial charge in [0, 0.05) is 30.3 Å². The van der Waals surface area contributed by atoms with Gasteiger partial charge in [0.2, 0.25) is 0 Å². The molecule has 0 aliphatic heterocycles. The Morgan fingerprint density at radius 2 is 1.91 bits per heavy atom. The minimum Gasteiger partial charge on any atom is -0.493 e. The molecule has 0 amide bonds. The van der Waals surface area contributed by atoms with Gasteiger partial charge in [-0.05, 0) is 23.8 Å². The molecule has 0 saturated carbocycles. The van der Waals surface area contributed by atoms with Gasteiger partial charge in [0.15, 0.2) is 22.9 Å². The molecule has 0 saturated heterocycles. The van der Waals surface area contributed by atoms with E-state index in [1.165, 1.54) is 26.4 Å². The molecule has 0 N–H and O–H groups in total. The molecule has 0 aliphatic rings. The number of halogens is 2. The normalized spacial score (nSPS) is 10.9. The molecule has 0 aliphatic carbocycles. The van der Waals surface area contributed by atoms with Crippen molar-refractivity contribution in [1.29, 1.82) is 0 Å². The van der Waals surface area contributed by atoms with Crippen LogP contribution in [-0.2, 0) is 0 Å². The first-order valence-corrected chi connectivity index (χ1v) is 7.19. The molecule has 4 nitrogen and oxygen atoms in total. The number of methoxy groups -OCH3 is 1. The average molecular weight is 336 g/mol. The van der Waals surface area contributed by atoms with Gasteiger partial charge in [0.25, 0.3) is 0 Å². The van der Waals surface area contributed by atoms with Crippen LogP contribution < -0.4 is 4.74 Å². The number of hydrogen-bond acceptors (Lipinski definition) is 4. The molecule has 6 heteroatoms. The van der Waals surface area contributed by atoms with Crippen molar-refractivity contribution >= 4 is 40.0 Å². The number of rotatable bonds is 3. The lowest BCUT2D eigenvalue weighted by atomic mass is 10.0. The van der Waals surface area contributed by atoms with Crippen molar-refractivity contribution in [2.45, 2.75) is 6.92 Å². The van der Waals surface area contributed by atoms with Crippen LogP contribution in [0, 0.1) is 0 Å². The number of aromatic nitrogens is 1. The zero-order chi connectivity index (χ0) is 15.9. The van der Waals surface area contributed by atoms with Crippen molar-refractivity contribution in [3.05, 3.63) is 46.4 Å². The van der Waals surface area contributed by atoms with E-state index in [9.17, 15) is 4.79 Å². The molecule has 112 valence electrons. The molecule has 2 heterocycles. The summed E-state index contributed by atoms with van der Waals surface area (Å²) in [4.78, 5) is 15.6. The molecule has 0 atom stereocenters. The molecule has 22 heavy (non-hydrogen) atoms. The third kappa shape index (κ3) is 2.34. The molecule has 3 aromatic rings. The maximum Gasteiger partial charge on any atom is 0.194 e. The van der Waals surface area contributed by atoms with E-state index in [-0.39, 0.29) is 11.5 Å². The lowest BCUT2D eigenvalue weighted by Gasteiger charge is -2.09. The quantitative estimate of drug-likeness (QED) is 0.631. The number of furan rings is 1. The number of Topliss-reactive ketones (excluding diaryl/α,β-unsaturated/α-hetero) is 1. The number of carbonyl (C=O) groups is 1. The van der Waals surface area contributed by atoms with Gasteiger partial charge >= 0.3 is 0 Å². The average Bonchev–Trinajstić information content (AvgIpc) is 2.92. The lowest BCUT2D eigenvalue weighted by molar-refractivity contribution is 0.0989. The number of benzene rings is 1. The maximum absolute atomic E-state index is 11.6. The monoisotopic (exact) mass is 335 g/mol. The van der Waals surface area contributed by atoms with E-state index in [0.29, 0.717) is 32.3 Å². The first-order valence-electron chi connectivity index (χ1n) is 6.43. The Morgan fingerprint density at radius 3 is 2.50 bits per heavy atom. The summed E-state index contributed by atoms with van der Waals surface area (Å²) < 4.78 is 10.9. The smallest absolute Gasteiger partial charge is 0.194 e. The highest BCUT2D eigenvalue weighted by molar-refractivity contribution is 6.39. The van der Waals surface area contributed by atoms with Crippen LogP contribution in [0.4, 0.5) is 0 Å². The summed E-state index contributed by atoms with van der Waals surface area (Å²) in [5.41, 5.74) is 1.88. The van der Waals surface area contributed by atoms with E-state index in [2.05, 4.69) is 4.98 Å². The minimum absolute atomic E-state index is 0.170. The molecule has 0 radical (unpaired) electrons. The molecule has 1 aromatic carbocycles. The summed E-state index contributed by atoms with van der Waals surface area (Å²) in [6.45, 7) is 1.44. The van der Waals surface area contributed by atoms with Crippen molar-refractivity contribution < 1.29 is 13.9 Å². The molecule has 0 bridgehead atoms. The number of ether oxygens (including phenoxy) is 1. The predicted octanol–water partition coefficient (Wildman–Crippen LogP) is 5.01. The molecular weight excluding hydrogens is 325 g/mol. The van der Waals surface area contributed by atoms with E-state index in [1.54, 1.807) is 12.1 Å². The second-order valence-corrected chi connectivity index (χ2v) is 5.52. The highest BCUT2D eigenvalue weighted by Gasteiger charge is 2.19. The SMILES string of the molecule is COc1ccc(-c2c(Cl)cncc2Cl)c2cc(C(C)=O)oc12. The van der Waals surface area contributed by atoms with Gasteiger partial charge in [0.1, 0.15) is 0 Å². The van der Waals surface area contributed by atoms with Crippen LogP contribution in [0.1, 0.15) is 17.5 Å². The van der Waals surface area contributed by atoms with Crippen molar-refractivity contribution in [3.63, 3.8) is 0 Å². The lowest BCUT2D eigenvalue weighted by Crippen LogP contribution is -1.87. The maximum atomic E-state index is 11.6. The Hall–Kier alpha value is -2.04. The fraction of sp³-hybridized carbons (Fsp3) is 0.125. The Labute approximate surface area is 136 Å². The van der Waals surface area contributed by atoms with Crippen LogP contribution in [0.2, 0.25) is 10.0 Å². The van der Waals surface area contributed by atoms with Gasteiger partial charge in [-0.3, -0.25) is 9.78 Å². The molecule has 3 rings (SSSR count). The van der Waals surface area contributed by atoms with E-state index in [1.807, 2.05) is 6.07 Å². The summed E-state index contributed by atoms with van der Waals surface area (Å²) in [5.74, 6) is 0.616. The van der Waals surface area contributed by atoms with Crippen LogP contribution in [0.25, 0.3) is 22.1 Å². The Balaban J connectivity index is 2.38. The van der Waals surface area contributed by atoms with E-state index < -0.39 is 0 Å². The van der Waals surface area contributed by atoms with Gasteiger partial charge in [-0.25, -0.2) is 0 Å². The fourth-order valence-electron chi connectivity index (χ4n) is 2.32. The van der Waals surface area contributed by atoms with Gasteiger partial charge in [0.05, 0.1) is 17.2 Å². The van der Waals surface area contributed by atoms with Crippen LogP contribution in [-0.4, -0.2) is 17.9 Å². The first-order chi connectivity index (χ1) is 10.5. The predicted molar refractivity (Wildman–Crippen MR) is 86.0 cm³/mol. The molecule has 0 fully saturated rings. The van der Waals surface area contributed by atoms with Gasteiger partial charge in [-0.1, -0.05) is 23.2 Å². The number of nitrogens with zero attached hydrogens (tertiary/aromatic N) is 1. The molecule has 2 aromatic heterocycles. The number of pyridine rings is 1. The van der Waals surface area contributed by atoms with Crippen LogP contribution in [0.15, 0.2) is 35.0 Å². The number of ketones is 1. The Kier molecular flexibility index (Phi) is 3.81. The van der Waals surface area contributed by atoms with Crippen LogP contribution >= 0.6 is 23.2 Å². The van der Waals surface area contributed by atoms with E-state index >= 15 is 0 Å². The van der Waals surface area contributed by atoms with E-state index in [4.69, 9.17) is 32.4 Å². The fourth-order valence-corrected chi connectivity index (χ4v) is 2.89. The minimum atomic E-state index is -0.170. The molecular formula is C16H11Cl2NO3. The first kappa shape index (κ1) is 14.9. The number of carbonyl (C=O) groups excluding carboxylic acids is 1. The highest BCUT2D eigenvalue weighted by atomic mass is 35.5. The molecule has 0 spiro atoms. The highest BCUT2D eigenvalue weighted by Crippen LogP contribution is 2.41. The van der Waals surface area contributed by atoms with Crippen molar-refractivity contribution in [2.75, 3.05) is 7.11 Å².